The van der Waals surface area contributed by atoms with Crippen molar-refractivity contribution in [3.05, 3.63) is 11.1 Å². The summed E-state index contributed by atoms with van der Waals surface area (Å²) >= 11 is 0. The summed E-state index contributed by atoms with van der Waals surface area (Å²) in [6.07, 6.45) is 4.45. The van der Waals surface area contributed by atoms with Crippen LogP contribution in [0.25, 0.3) is 0 Å². The smallest absolute Gasteiger partial charge is 0.163 e. The number of fused-ring (bicyclic) bond motifs is 5. The molecule has 158 valence electrons. The van der Waals surface area contributed by atoms with Crippen LogP contribution in [0.4, 0.5) is 0 Å². The lowest BCUT2D eigenvalue weighted by Gasteiger charge is -2.68. The maximum absolute atomic E-state index is 13.2. The Morgan fingerprint density at radius 2 is 1.50 bits per heavy atom. The Kier molecular flexibility index (Phi) is 4.37. The van der Waals surface area contributed by atoms with Gasteiger partial charge in [-0.1, -0.05) is 38.8 Å². The van der Waals surface area contributed by atoms with E-state index in [1.54, 1.807) is 0 Å². The number of carbonyl (C=O) groups is 1. The van der Waals surface area contributed by atoms with E-state index in [4.69, 9.17) is 9.47 Å². The first-order chi connectivity index (χ1) is 12.8. The van der Waals surface area contributed by atoms with Crippen LogP contribution in [0.5, 0.6) is 0 Å². The summed E-state index contributed by atoms with van der Waals surface area (Å²) < 4.78 is 13.1. The third-order valence-corrected chi connectivity index (χ3v) is 9.71. The molecule has 3 nitrogen and oxygen atoms in total. The molecule has 0 bridgehead atoms. The molecule has 28 heavy (non-hydrogen) atoms. The summed E-state index contributed by atoms with van der Waals surface area (Å²) in [4.78, 5) is 13.2. The Labute approximate surface area is 171 Å². The van der Waals surface area contributed by atoms with Gasteiger partial charge in [-0.25, -0.2) is 0 Å². The molecule has 8 unspecified atom stereocenters. The van der Waals surface area contributed by atoms with E-state index < -0.39 is 5.79 Å². The number of Topliss-reactive ketones (excluding diaryl/α,β-unsaturated/α-hetero) is 1. The van der Waals surface area contributed by atoms with E-state index in [1.165, 1.54) is 11.1 Å². The van der Waals surface area contributed by atoms with Crippen LogP contribution in [-0.4, -0.2) is 23.8 Å². The molecule has 8 atom stereocenters. The van der Waals surface area contributed by atoms with Crippen molar-refractivity contribution in [2.24, 2.45) is 34.0 Å². The van der Waals surface area contributed by atoms with Gasteiger partial charge in [-0.2, -0.15) is 0 Å². The first-order valence-electron chi connectivity index (χ1n) is 11.4. The van der Waals surface area contributed by atoms with Gasteiger partial charge in [0, 0.05) is 22.7 Å². The van der Waals surface area contributed by atoms with Gasteiger partial charge in [-0.05, 0) is 71.6 Å². The summed E-state index contributed by atoms with van der Waals surface area (Å²) in [6.45, 7) is 20.3. The van der Waals surface area contributed by atoms with E-state index in [2.05, 4.69) is 62.3 Å². The number of hydrogen-bond acceptors (Lipinski definition) is 3. The largest absolute Gasteiger partial charge is 0.347 e. The monoisotopic (exact) mass is 388 g/mol. The molecule has 3 heteroatoms. The molecule has 3 fully saturated rings. The van der Waals surface area contributed by atoms with Crippen LogP contribution in [0.3, 0.4) is 0 Å². The number of ether oxygens (including phenoxy) is 2. The number of hydrogen-bond donors (Lipinski definition) is 0. The van der Waals surface area contributed by atoms with Crippen LogP contribution in [0, 0.1) is 34.0 Å². The zero-order chi connectivity index (χ0) is 20.9. The van der Waals surface area contributed by atoms with Crippen LogP contribution >= 0.6 is 0 Å². The molecule has 2 saturated carbocycles. The fourth-order valence-electron chi connectivity index (χ4n) is 8.11. The van der Waals surface area contributed by atoms with Gasteiger partial charge in [0.1, 0.15) is 5.78 Å². The van der Waals surface area contributed by atoms with Crippen molar-refractivity contribution in [3.63, 3.8) is 0 Å². The fraction of sp³-hybridized carbons (Fsp3) is 0.880. The first kappa shape index (κ1) is 20.6. The number of carbonyl (C=O) groups excluding carboxylic acids is 1. The van der Waals surface area contributed by atoms with Crippen LogP contribution in [0.15, 0.2) is 11.1 Å². The predicted octanol–water partition coefficient (Wildman–Crippen LogP) is 5.92. The highest BCUT2D eigenvalue weighted by molar-refractivity contribution is 5.85. The normalized spacial score (nSPS) is 53.3. The van der Waals surface area contributed by atoms with Crippen molar-refractivity contribution in [2.45, 2.75) is 106 Å². The molecule has 0 spiro atoms. The molecule has 0 aromatic rings. The zero-order valence-corrected chi connectivity index (χ0v) is 19.4. The number of rotatable bonds is 0. The number of allylic oxidation sites excluding steroid dienone is 1. The van der Waals surface area contributed by atoms with E-state index in [0.29, 0.717) is 11.7 Å². The first-order valence-corrected chi connectivity index (χ1v) is 11.4. The van der Waals surface area contributed by atoms with Crippen molar-refractivity contribution >= 4 is 5.78 Å². The molecule has 4 rings (SSSR count). The molecule has 0 aromatic heterocycles. The number of ketones is 1. The van der Waals surface area contributed by atoms with Crippen LogP contribution in [0.1, 0.15) is 88.0 Å². The Balaban J connectivity index is 1.90. The maximum Gasteiger partial charge on any atom is 0.163 e. The minimum Gasteiger partial charge on any atom is -0.347 e. The lowest BCUT2D eigenvalue weighted by molar-refractivity contribution is -0.366. The van der Waals surface area contributed by atoms with Crippen molar-refractivity contribution in [1.29, 1.82) is 0 Å². The topological polar surface area (TPSA) is 35.5 Å². The Hall–Kier alpha value is -0.670. The van der Waals surface area contributed by atoms with Gasteiger partial charge in [0.25, 0.3) is 0 Å². The van der Waals surface area contributed by atoms with Gasteiger partial charge in [-0.15, -0.1) is 0 Å². The molecule has 4 aliphatic rings. The average Bonchev–Trinajstić information content (AvgIpc) is 2.59. The SMILES string of the molecule is CC1=C(C)C2(C)C(C)OC(C)(C)OC2C2(C)CCC3C(=O)C(C)CCC3(C)C12. The molecular formula is C25H40O3. The predicted molar refractivity (Wildman–Crippen MR) is 112 cm³/mol. The second kappa shape index (κ2) is 5.94. The Morgan fingerprint density at radius 1 is 0.893 bits per heavy atom. The van der Waals surface area contributed by atoms with E-state index in [-0.39, 0.29) is 40.3 Å². The second-order valence-electron chi connectivity index (χ2n) is 11.6. The highest BCUT2D eigenvalue weighted by atomic mass is 16.7. The van der Waals surface area contributed by atoms with Crippen molar-refractivity contribution < 1.29 is 14.3 Å². The van der Waals surface area contributed by atoms with Gasteiger partial charge >= 0.3 is 0 Å². The average molecular weight is 389 g/mol. The van der Waals surface area contributed by atoms with E-state index in [9.17, 15) is 4.79 Å². The lowest BCUT2D eigenvalue weighted by Crippen LogP contribution is -2.69. The van der Waals surface area contributed by atoms with Crippen molar-refractivity contribution in [3.8, 4) is 0 Å². The van der Waals surface area contributed by atoms with Crippen LogP contribution in [-0.2, 0) is 14.3 Å². The third-order valence-electron chi connectivity index (χ3n) is 9.71. The summed E-state index contributed by atoms with van der Waals surface area (Å²) in [5.41, 5.74) is 2.86. The van der Waals surface area contributed by atoms with Gasteiger partial charge in [0.15, 0.2) is 5.79 Å². The summed E-state index contributed by atoms with van der Waals surface area (Å²) in [6, 6.07) is 0. The molecule has 1 saturated heterocycles. The molecule has 0 radical (unpaired) electrons. The van der Waals surface area contributed by atoms with E-state index in [0.717, 1.165) is 25.7 Å². The summed E-state index contributed by atoms with van der Waals surface area (Å²) in [5, 5.41) is 0. The van der Waals surface area contributed by atoms with Crippen LogP contribution < -0.4 is 0 Å². The van der Waals surface area contributed by atoms with Gasteiger partial charge < -0.3 is 9.47 Å². The van der Waals surface area contributed by atoms with Gasteiger partial charge in [0.05, 0.1) is 12.2 Å². The fourth-order valence-corrected chi connectivity index (χ4v) is 8.11. The summed E-state index contributed by atoms with van der Waals surface area (Å²) in [5.74, 6) is 0.759. The molecular weight excluding hydrogens is 348 g/mol. The minimum atomic E-state index is -0.572. The Morgan fingerprint density at radius 3 is 2.14 bits per heavy atom. The van der Waals surface area contributed by atoms with Crippen LogP contribution in [0.2, 0.25) is 0 Å². The van der Waals surface area contributed by atoms with Crippen molar-refractivity contribution in [1.82, 2.24) is 0 Å². The third kappa shape index (κ3) is 2.38. The maximum atomic E-state index is 13.2. The highest BCUT2D eigenvalue weighted by Crippen LogP contribution is 2.69. The molecule has 1 heterocycles. The molecule has 3 aliphatic carbocycles. The highest BCUT2D eigenvalue weighted by Gasteiger charge is 2.68. The molecule has 0 amide bonds. The molecule has 0 N–H and O–H groups in total. The quantitative estimate of drug-likeness (QED) is 0.483. The second-order valence-corrected chi connectivity index (χ2v) is 11.6. The zero-order valence-electron chi connectivity index (χ0n) is 19.4. The lowest BCUT2D eigenvalue weighted by atomic mass is 9.39. The molecule has 1 aliphatic heterocycles. The minimum absolute atomic E-state index is 0.0275. The van der Waals surface area contributed by atoms with Gasteiger partial charge in [0.2, 0.25) is 0 Å². The van der Waals surface area contributed by atoms with E-state index >= 15 is 0 Å². The molecule has 0 aromatic carbocycles. The van der Waals surface area contributed by atoms with E-state index in [1.807, 2.05) is 0 Å². The van der Waals surface area contributed by atoms with Gasteiger partial charge in [-0.3, -0.25) is 4.79 Å². The Bertz CT molecular complexity index is 736. The summed E-state index contributed by atoms with van der Waals surface area (Å²) in [7, 11) is 0. The van der Waals surface area contributed by atoms with Crippen molar-refractivity contribution in [2.75, 3.05) is 0 Å². The standard InChI is InChI=1S/C25H40O3/c1-14-10-12-23(7)18(19(14)26)11-13-24(8)20(23)15(2)16(3)25(9)17(4)27-22(5,6)28-21(24)25/h14,17-18,20-21H,10-13H2,1-9H3.